The molecule has 0 unspecified atom stereocenters. The van der Waals surface area contributed by atoms with Crippen LogP contribution in [0, 0.1) is 0 Å². The molecule has 1 amide bonds. The molecular weight excluding hydrogens is 439 g/mol. The fourth-order valence-electron chi connectivity index (χ4n) is 2.57. The standard InChI is InChI=1S/C19H17Cl3N4OS/c1-2-26-18(14-8-7-13(20)9-16(14)22)24-25-19(26)28-11-17(27)23-10-12-5-3-4-6-15(12)21/h3-9H,2,10-11H2,1H3,(H,23,27). The van der Waals surface area contributed by atoms with E-state index in [2.05, 4.69) is 15.5 Å². The maximum atomic E-state index is 12.2. The van der Waals surface area contributed by atoms with E-state index in [9.17, 15) is 4.79 Å². The molecule has 0 spiro atoms. The minimum atomic E-state index is -0.110. The van der Waals surface area contributed by atoms with Crippen LogP contribution in [0.5, 0.6) is 0 Å². The van der Waals surface area contributed by atoms with Gasteiger partial charge in [-0.1, -0.05) is 64.8 Å². The average molecular weight is 456 g/mol. The Kier molecular flexibility index (Phi) is 7.24. The van der Waals surface area contributed by atoms with Gasteiger partial charge in [0.25, 0.3) is 0 Å². The third kappa shape index (κ3) is 5.00. The van der Waals surface area contributed by atoms with E-state index >= 15 is 0 Å². The molecule has 0 radical (unpaired) electrons. The van der Waals surface area contributed by atoms with Crippen molar-refractivity contribution in [1.82, 2.24) is 20.1 Å². The molecular formula is C19H17Cl3N4OS. The Hall–Kier alpha value is -1.73. The first-order chi connectivity index (χ1) is 13.5. The number of nitrogens with one attached hydrogen (secondary N) is 1. The number of amides is 1. The molecule has 3 aromatic rings. The number of benzene rings is 2. The van der Waals surface area contributed by atoms with E-state index in [0.717, 1.165) is 11.1 Å². The van der Waals surface area contributed by atoms with Crippen molar-refractivity contribution in [3.63, 3.8) is 0 Å². The molecule has 3 rings (SSSR count). The molecule has 0 aliphatic carbocycles. The summed E-state index contributed by atoms with van der Waals surface area (Å²) in [7, 11) is 0. The average Bonchev–Trinajstić information content (AvgIpc) is 3.08. The minimum Gasteiger partial charge on any atom is -0.351 e. The molecule has 0 atom stereocenters. The Morgan fingerprint density at radius 1 is 1.11 bits per heavy atom. The summed E-state index contributed by atoms with van der Waals surface area (Å²) >= 11 is 19.7. The van der Waals surface area contributed by atoms with Crippen LogP contribution in [-0.2, 0) is 17.9 Å². The zero-order valence-corrected chi connectivity index (χ0v) is 18.0. The summed E-state index contributed by atoms with van der Waals surface area (Å²) in [6, 6.07) is 12.7. The van der Waals surface area contributed by atoms with Gasteiger partial charge in [0, 0.05) is 28.7 Å². The predicted molar refractivity (Wildman–Crippen MR) is 115 cm³/mol. The number of aromatic nitrogens is 3. The molecule has 0 saturated carbocycles. The van der Waals surface area contributed by atoms with Crippen molar-refractivity contribution in [2.24, 2.45) is 0 Å². The zero-order chi connectivity index (χ0) is 20.1. The Balaban J connectivity index is 1.65. The SMILES string of the molecule is CCn1c(SCC(=O)NCc2ccccc2Cl)nnc1-c1ccc(Cl)cc1Cl. The van der Waals surface area contributed by atoms with Gasteiger partial charge in [-0.25, -0.2) is 0 Å². The van der Waals surface area contributed by atoms with E-state index < -0.39 is 0 Å². The van der Waals surface area contributed by atoms with Crippen LogP contribution in [0.1, 0.15) is 12.5 Å². The van der Waals surface area contributed by atoms with Gasteiger partial charge in [-0.15, -0.1) is 10.2 Å². The van der Waals surface area contributed by atoms with Crippen molar-refractivity contribution in [1.29, 1.82) is 0 Å². The van der Waals surface area contributed by atoms with Gasteiger partial charge in [-0.3, -0.25) is 4.79 Å². The van der Waals surface area contributed by atoms with Crippen LogP contribution in [0.2, 0.25) is 15.1 Å². The number of thioether (sulfide) groups is 1. The smallest absolute Gasteiger partial charge is 0.230 e. The molecule has 0 aliphatic rings. The molecule has 2 aromatic carbocycles. The third-order valence-electron chi connectivity index (χ3n) is 3.97. The van der Waals surface area contributed by atoms with Gasteiger partial charge in [-0.2, -0.15) is 0 Å². The lowest BCUT2D eigenvalue weighted by Gasteiger charge is -2.09. The van der Waals surface area contributed by atoms with Crippen LogP contribution < -0.4 is 5.32 Å². The fraction of sp³-hybridized carbons (Fsp3) is 0.211. The summed E-state index contributed by atoms with van der Waals surface area (Å²) in [6.45, 7) is 3.01. The lowest BCUT2D eigenvalue weighted by molar-refractivity contribution is -0.118. The highest BCUT2D eigenvalue weighted by atomic mass is 35.5. The van der Waals surface area contributed by atoms with Crippen molar-refractivity contribution >= 4 is 52.5 Å². The zero-order valence-electron chi connectivity index (χ0n) is 15.0. The Bertz CT molecular complexity index is 993. The van der Waals surface area contributed by atoms with Crippen molar-refractivity contribution in [3.05, 3.63) is 63.1 Å². The summed E-state index contributed by atoms with van der Waals surface area (Å²) in [4.78, 5) is 12.2. The number of hydrogen-bond donors (Lipinski definition) is 1. The number of nitrogens with zero attached hydrogens (tertiary/aromatic N) is 3. The number of hydrogen-bond acceptors (Lipinski definition) is 4. The Morgan fingerprint density at radius 3 is 2.61 bits per heavy atom. The largest absolute Gasteiger partial charge is 0.351 e. The van der Waals surface area contributed by atoms with E-state index in [1.807, 2.05) is 35.8 Å². The number of rotatable bonds is 7. The Labute approximate surface area is 182 Å². The van der Waals surface area contributed by atoms with Crippen molar-refractivity contribution < 1.29 is 4.79 Å². The van der Waals surface area contributed by atoms with E-state index in [1.54, 1.807) is 18.2 Å². The highest BCUT2D eigenvalue weighted by Gasteiger charge is 2.17. The summed E-state index contributed by atoms with van der Waals surface area (Å²) in [5.74, 6) is 0.751. The van der Waals surface area contributed by atoms with Gasteiger partial charge < -0.3 is 9.88 Å². The summed E-state index contributed by atoms with van der Waals surface area (Å²) in [5, 5.41) is 13.7. The van der Waals surface area contributed by atoms with E-state index in [1.165, 1.54) is 11.8 Å². The van der Waals surface area contributed by atoms with Crippen LogP contribution >= 0.6 is 46.6 Å². The van der Waals surface area contributed by atoms with Gasteiger partial charge in [0.2, 0.25) is 5.91 Å². The molecule has 1 heterocycles. The van der Waals surface area contributed by atoms with Crippen molar-refractivity contribution in [2.75, 3.05) is 5.75 Å². The molecule has 9 heteroatoms. The second kappa shape index (κ2) is 9.65. The predicted octanol–water partition coefficient (Wildman–Crippen LogP) is 5.33. The van der Waals surface area contributed by atoms with E-state index in [-0.39, 0.29) is 11.7 Å². The molecule has 5 nitrogen and oxygen atoms in total. The van der Waals surface area contributed by atoms with Gasteiger partial charge in [0.05, 0.1) is 10.8 Å². The van der Waals surface area contributed by atoms with Crippen LogP contribution in [0.4, 0.5) is 0 Å². The maximum absolute atomic E-state index is 12.2. The minimum absolute atomic E-state index is 0.110. The van der Waals surface area contributed by atoms with Gasteiger partial charge in [0.15, 0.2) is 11.0 Å². The van der Waals surface area contributed by atoms with Gasteiger partial charge in [-0.05, 0) is 36.8 Å². The van der Waals surface area contributed by atoms with Crippen LogP contribution in [0.25, 0.3) is 11.4 Å². The van der Waals surface area contributed by atoms with Crippen LogP contribution in [0.3, 0.4) is 0 Å². The summed E-state index contributed by atoms with van der Waals surface area (Å²) in [5.41, 5.74) is 1.62. The highest BCUT2D eigenvalue weighted by Crippen LogP contribution is 2.31. The van der Waals surface area contributed by atoms with Gasteiger partial charge >= 0.3 is 0 Å². The first-order valence-electron chi connectivity index (χ1n) is 8.51. The first-order valence-corrected chi connectivity index (χ1v) is 10.6. The summed E-state index contributed by atoms with van der Waals surface area (Å²) < 4.78 is 1.92. The van der Waals surface area contributed by atoms with Crippen molar-refractivity contribution in [2.45, 2.75) is 25.2 Å². The third-order valence-corrected chi connectivity index (χ3v) is 5.85. The molecule has 28 heavy (non-hydrogen) atoms. The van der Waals surface area contributed by atoms with Crippen LogP contribution in [-0.4, -0.2) is 26.4 Å². The van der Waals surface area contributed by atoms with Crippen LogP contribution in [0.15, 0.2) is 47.6 Å². The second-order valence-electron chi connectivity index (χ2n) is 5.83. The molecule has 1 aromatic heterocycles. The Morgan fingerprint density at radius 2 is 1.89 bits per heavy atom. The lowest BCUT2D eigenvalue weighted by Crippen LogP contribution is -2.24. The fourth-order valence-corrected chi connectivity index (χ4v) is 4.10. The monoisotopic (exact) mass is 454 g/mol. The second-order valence-corrected chi connectivity index (χ2v) is 8.02. The number of halogens is 3. The van der Waals surface area contributed by atoms with E-state index in [4.69, 9.17) is 34.8 Å². The maximum Gasteiger partial charge on any atom is 0.230 e. The topological polar surface area (TPSA) is 59.8 Å². The van der Waals surface area contributed by atoms with Crippen molar-refractivity contribution in [3.8, 4) is 11.4 Å². The molecule has 0 aliphatic heterocycles. The molecule has 0 fully saturated rings. The molecule has 146 valence electrons. The molecule has 0 saturated heterocycles. The normalized spacial score (nSPS) is 10.9. The quantitative estimate of drug-likeness (QED) is 0.489. The molecule has 1 N–H and O–H groups in total. The molecule has 0 bridgehead atoms. The number of carbonyl (C=O) groups is 1. The van der Waals surface area contributed by atoms with E-state index in [0.29, 0.717) is 39.1 Å². The summed E-state index contributed by atoms with van der Waals surface area (Å²) in [6.07, 6.45) is 0. The number of carbonyl (C=O) groups excluding carboxylic acids is 1. The lowest BCUT2D eigenvalue weighted by atomic mass is 10.2. The van der Waals surface area contributed by atoms with Gasteiger partial charge in [0.1, 0.15) is 0 Å². The first kappa shape index (κ1) is 21.0. The highest BCUT2D eigenvalue weighted by molar-refractivity contribution is 7.99.